The van der Waals surface area contributed by atoms with Crippen molar-refractivity contribution >= 4 is 5.69 Å². The van der Waals surface area contributed by atoms with Crippen molar-refractivity contribution in [1.82, 2.24) is 5.32 Å². The van der Waals surface area contributed by atoms with Gasteiger partial charge in [-0.05, 0) is 68.5 Å². The minimum Gasteiger partial charge on any atom is -0.491 e. The molecule has 0 bridgehead atoms. The molecule has 2 rings (SSSR count). The first-order chi connectivity index (χ1) is 11.8. The van der Waals surface area contributed by atoms with E-state index in [-0.39, 0.29) is 0 Å². The quantitative estimate of drug-likeness (QED) is 0.480. The number of ether oxygens (including phenoxy) is 1. The Kier molecular flexibility index (Phi) is 8.19. The van der Waals surface area contributed by atoms with Gasteiger partial charge in [-0.2, -0.15) is 0 Å². The zero-order valence-electron chi connectivity index (χ0n) is 14.8. The van der Waals surface area contributed by atoms with Crippen LogP contribution in [0.4, 0.5) is 5.69 Å². The number of aryl methyl sites for hydroxylation is 2. The molecule has 2 aromatic carbocycles. The number of nitrogens with one attached hydrogen (secondary N) is 1. The van der Waals surface area contributed by atoms with E-state index in [1.54, 1.807) is 0 Å². The summed E-state index contributed by atoms with van der Waals surface area (Å²) in [7, 11) is 0. The zero-order valence-corrected chi connectivity index (χ0v) is 14.8. The topological polar surface area (TPSA) is 47.3 Å². The molecule has 0 aliphatic carbocycles. The van der Waals surface area contributed by atoms with E-state index in [9.17, 15) is 0 Å². The fraction of sp³-hybridized carbons (Fsp3) is 0.429. The average Bonchev–Trinajstić information content (AvgIpc) is 2.61. The zero-order chi connectivity index (χ0) is 17.0. The molecule has 0 saturated heterocycles. The molecule has 0 aliphatic heterocycles. The number of hydrogen-bond donors (Lipinski definition) is 2. The van der Waals surface area contributed by atoms with Gasteiger partial charge in [-0.15, -0.1) is 0 Å². The van der Waals surface area contributed by atoms with E-state index >= 15 is 0 Å². The molecule has 24 heavy (non-hydrogen) atoms. The molecule has 0 atom stereocenters. The Hall–Kier alpha value is -2.00. The highest BCUT2D eigenvalue weighted by molar-refractivity contribution is 5.54. The summed E-state index contributed by atoms with van der Waals surface area (Å²) in [5.74, 6) is 0.802. The van der Waals surface area contributed by atoms with E-state index < -0.39 is 0 Å². The Morgan fingerprint density at radius 3 is 2.46 bits per heavy atom. The summed E-state index contributed by atoms with van der Waals surface area (Å²) in [6, 6.07) is 16.7. The maximum atomic E-state index is 6.13. The van der Waals surface area contributed by atoms with Crippen molar-refractivity contribution < 1.29 is 4.74 Å². The Morgan fingerprint density at radius 1 is 0.917 bits per heavy atom. The van der Waals surface area contributed by atoms with Crippen LogP contribution in [0.1, 0.15) is 37.3 Å². The van der Waals surface area contributed by atoms with Crippen molar-refractivity contribution in [2.24, 2.45) is 0 Å². The fourth-order valence-corrected chi connectivity index (χ4v) is 2.71. The lowest BCUT2D eigenvalue weighted by Crippen LogP contribution is -2.16. The van der Waals surface area contributed by atoms with E-state index in [4.69, 9.17) is 10.5 Å². The van der Waals surface area contributed by atoms with Gasteiger partial charge in [-0.25, -0.2) is 0 Å². The minimum absolute atomic E-state index is 0.694. The van der Waals surface area contributed by atoms with Gasteiger partial charge in [0, 0.05) is 0 Å². The van der Waals surface area contributed by atoms with E-state index in [2.05, 4.69) is 42.6 Å². The number of rotatable bonds is 11. The predicted octanol–water partition coefficient (Wildman–Crippen LogP) is 4.21. The highest BCUT2D eigenvalue weighted by Crippen LogP contribution is 2.23. The normalized spacial score (nSPS) is 10.7. The number of anilines is 1. The summed E-state index contributed by atoms with van der Waals surface area (Å²) in [4.78, 5) is 0. The van der Waals surface area contributed by atoms with Gasteiger partial charge in [0.05, 0.1) is 12.3 Å². The number of benzene rings is 2. The smallest absolute Gasteiger partial charge is 0.142 e. The van der Waals surface area contributed by atoms with Gasteiger partial charge in [0.25, 0.3) is 0 Å². The van der Waals surface area contributed by atoms with Gasteiger partial charge < -0.3 is 15.8 Å². The summed E-state index contributed by atoms with van der Waals surface area (Å²) in [5.41, 5.74) is 9.50. The molecule has 2 aromatic rings. The van der Waals surface area contributed by atoms with Crippen LogP contribution < -0.4 is 15.8 Å². The van der Waals surface area contributed by atoms with Gasteiger partial charge >= 0.3 is 0 Å². The summed E-state index contributed by atoms with van der Waals surface area (Å²) < 4.78 is 5.83. The van der Waals surface area contributed by atoms with Crippen LogP contribution in [0.25, 0.3) is 0 Å². The van der Waals surface area contributed by atoms with E-state index in [1.165, 1.54) is 17.5 Å². The van der Waals surface area contributed by atoms with E-state index in [0.29, 0.717) is 6.61 Å². The molecule has 0 heterocycles. The molecular weight excluding hydrogens is 296 g/mol. The van der Waals surface area contributed by atoms with Crippen LogP contribution in [0, 0.1) is 0 Å². The standard InChI is InChI=1S/C21H30N2O/c1-2-14-23-15-6-10-19-12-13-21(20(22)17-19)24-16-7-11-18-8-4-3-5-9-18/h3-5,8-9,12-13,17,23H,2,6-7,10-11,14-16,22H2,1H3. The first kappa shape index (κ1) is 18.3. The Morgan fingerprint density at radius 2 is 1.71 bits per heavy atom. The molecule has 0 unspecified atom stereocenters. The van der Waals surface area contributed by atoms with Crippen LogP contribution in [0.15, 0.2) is 48.5 Å². The van der Waals surface area contributed by atoms with Crippen LogP contribution in [-0.2, 0) is 12.8 Å². The summed E-state index contributed by atoms with van der Waals surface area (Å²) >= 11 is 0. The molecule has 0 saturated carbocycles. The van der Waals surface area contributed by atoms with Crippen molar-refractivity contribution in [2.45, 2.75) is 39.0 Å². The summed E-state index contributed by atoms with van der Waals surface area (Å²) in [5, 5.41) is 3.42. The SMILES string of the molecule is CCCNCCCc1ccc(OCCCc2ccccc2)c(N)c1. The molecule has 130 valence electrons. The monoisotopic (exact) mass is 326 g/mol. The third-order valence-corrected chi connectivity index (χ3v) is 4.03. The molecule has 0 spiro atoms. The summed E-state index contributed by atoms with van der Waals surface area (Å²) in [6.07, 6.45) is 5.40. The molecule has 3 heteroatoms. The fourth-order valence-electron chi connectivity index (χ4n) is 2.71. The van der Waals surface area contributed by atoms with Crippen LogP contribution in [0.2, 0.25) is 0 Å². The number of nitrogen functional groups attached to an aromatic ring is 1. The molecule has 0 amide bonds. The van der Waals surface area contributed by atoms with Crippen LogP contribution in [0.5, 0.6) is 5.75 Å². The largest absolute Gasteiger partial charge is 0.491 e. The van der Waals surface area contributed by atoms with Crippen molar-refractivity contribution in [3.05, 3.63) is 59.7 Å². The molecule has 0 aliphatic rings. The van der Waals surface area contributed by atoms with Crippen molar-refractivity contribution in [1.29, 1.82) is 0 Å². The van der Waals surface area contributed by atoms with E-state index in [0.717, 1.165) is 50.2 Å². The molecule has 0 aromatic heterocycles. The Bertz CT molecular complexity index is 584. The van der Waals surface area contributed by atoms with Gasteiger partial charge in [0.2, 0.25) is 0 Å². The van der Waals surface area contributed by atoms with Crippen molar-refractivity contribution in [3.8, 4) is 5.75 Å². The Balaban J connectivity index is 1.69. The second-order valence-electron chi connectivity index (χ2n) is 6.16. The van der Waals surface area contributed by atoms with Gasteiger partial charge in [-0.1, -0.05) is 43.3 Å². The second-order valence-corrected chi connectivity index (χ2v) is 6.16. The van der Waals surface area contributed by atoms with Gasteiger partial charge in [0.15, 0.2) is 0 Å². The van der Waals surface area contributed by atoms with Crippen LogP contribution in [-0.4, -0.2) is 19.7 Å². The first-order valence-electron chi connectivity index (χ1n) is 9.05. The average molecular weight is 326 g/mol. The Labute approximate surface area is 146 Å². The van der Waals surface area contributed by atoms with E-state index in [1.807, 2.05) is 18.2 Å². The third kappa shape index (κ3) is 6.63. The minimum atomic E-state index is 0.694. The molecular formula is C21H30N2O. The predicted molar refractivity (Wildman–Crippen MR) is 103 cm³/mol. The summed E-state index contributed by atoms with van der Waals surface area (Å²) in [6.45, 7) is 5.04. The molecule has 0 fully saturated rings. The second kappa shape index (κ2) is 10.7. The van der Waals surface area contributed by atoms with Gasteiger partial charge in [0.1, 0.15) is 5.75 Å². The molecule has 0 radical (unpaired) electrons. The number of hydrogen-bond acceptors (Lipinski definition) is 3. The maximum Gasteiger partial charge on any atom is 0.142 e. The highest BCUT2D eigenvalue weighted by Gasteiger charge is 2.03. The lowest BCUT2D eigenvalue weighted by molar-refractivity contribution is 0.312. The van der Waals surface area contributed by atoms with Gasteiger partial charge in [-0.3, -0.25) is 0 Å². The lowest BCUT2D eigenvalue weighted by Gasteiger charge is -2.11. The maximum absolute atomic E-state index is 6.13. The van der Waals surface area contributed by atoms with Crippen molar-refractivity contribution in [2.75, 3.05) is 25.4 Å². The number of nitrogens with two attached hydrogens (primary N) is 1. The third-order valence-electron chi connectivity index (χ3n) is 4.03. The van der Waals surface area contributed by atoms with Crippen LogP contribution >= 0.6 is 0 Å². The van der Waals surface area contributed by atoms with Crippen molar-refractivity contribution in [3.63, 3.8) is 0 Å². The molecule has 3 nitrogen and oxygen atoms in total. The van der Waals surface area contributed by atoms with Crippen LogP contribution in [0.3, 0.4) is 0 Å². The lowest BCUT2D eigenvalue weighted by atomic mass is 10.1. The molecule has 3 N–H and O–H groups in total. The highest BCUT2D eigenvalue weighted by atomic mass is 16.5. The first-order valence-corrected chi connectivity index (χ1v) is 9.05.